The minimum Gasteiger partial charge on any atom is -0.456 e. The zero-order valence-corrected chi connectivity index (χ0v) is 14.1. The minimum atomic E-state index is 0.168. The molecule has 0 saturated heterocycles. The molecule has 2 bridgehead atoms. The number of halogens is 1. The van der Waals surface area contributed by atoms with E-state index < -0.39 is 0 Å². The summed E-state index contributed by atoms with van der Waals surface area (Å²) in [6.07, 6.45) is 4.82. The standard InChI is InChI=1S/C20H20ClNO2/c21-18-3-1-2-4-19(18)24-16-9-7-15(8-10-16)22-20(23)17-12-13-5-6-14(17)11-13/h1-4,7-10,13-14,17H,5-6,11-12H2,(H,22,23). The van der Waals surface area contributed by atoms with Crippen molar-refractivity contribution in [2.24, 2.45) is 17.8 Å². The Morgan fingerprint density at radius 3 is 2.50 bits per heavy atom. The summed E-state index contributed by atoms with van der Waals surface area (Å²) in [6, 6.07) is 14.8. The second kappa shape index (κ2) is 6.48. The van der Waals surface area contributed by atoms with E-state index in [0.29, 0.717) is 22.4 Å². The molecule has 2 aliphatic rings. The topological polar surface area (TPSA) is 38.3 Å². The van der Waals surface area contributed by atoms with Gasteiger partial charge in [-0.15, -0.1) is 0 Å². The number of benzene rings is 2. The number of nitrogens with one attached hydrogen (secondary N) is 1. The number of carbonyl (C=O) groups excluding carboxylic acids is 1. The molecule has 0 spiro atoms. The predicted octanol–water partition coefficient (Wildman–Crippen LogP) is 5.51. The highest BCUT2D eigenvalue weighted by Gasteiger charge is 2.42. The second-order valence-corrected chi connectivity index (χ2v) is 7.23. The van der Waals surface area contributed by atoms with Crippen molar-refractivity contribution < 1.29 is 9.53 Å². The molecule has 1 N–H and O–H groups in total. The smallest absolute Gasteiger partial charge is 0.227 e. The molecular formula is C20H20ClNO2. The molecule has 3 unspecified atom stereocenters. The van der Waals surface area contributed by atoms with Crippen LogP contribution in [0.15, 0.2) is 48.5 Å². The van der Waals surface area contributed by atoms with E-state index in [9.17, 15) is 4.79 Å². The van der Waals surface area contributed by atoms with Crippen molar-refractivity contribution in [3.63, 3.8) is 0 Å². The van der Waals surface area contributed by atoms with Crippen LogP contribution in [0.2, 0.25) is 5.02 Å². The third-order valence-electron chi connectivity index (χ3n) is 5.26. The van der Waals surface area contributed by atoms with Gasteiger partial charge in [0.15, 0.2) is 0 Å². The van der Waals surface area contributed by atoms with Crippen molar-refractivity contribution in [1.29, 1.82) is 0 Å². The largest absolute Gasteiger partial charge is 0.456 e. The number of para-hydroxylation sites is 1. The van der Waals surface area contributed by atoms with E-state index in [1.165, 1.54) is 19.3 Å². The quantitative estimate of drug-likeness (QED) is 0.796. The first-order chi connectivity index (χ1) is 11.7. The van der Waals surface area contributed by atoms with E-state index in [4.69, 9.17) is 16.3 Å². The Kier molecular flexibility index (Phi) is 4.19. The molecule has 1 amide bonds. The van der Waals surface area contributed by atoms with E-state index in [0.717, 1.165) is 18.0 Å². The van der Waals surface area contributed by atoms with E-state index in [2.05, 4.69) is 5.32 Å². The van der Waals surface area contributed by atoms with Crippen molar-refractivity contribution in [2.75, 3.05) is 5.32 Å². The summed E-state index contributed by atoms with van der Waals surface area (Å²) in [7, 11) is 0. The monoisotopic (exact) mass is 341 g/mol. The van der Waals surface area contributed by atoms with Gasteiger partial charge < -0.3 is 10.1 Å². The van der Waals surface area contributed by atoms with Gasteiger partial charge in [0.2, 0.25) is 5.91 Å². The number of hydrogen-bond acceptors (Lipinski definition) is 2. The van der Waals surface area contributed by atoms with Crippen LogP contribution in [0.4, 0.5) is 5.69 Å². The van der Waals surface area contributed by atoms with Crippen LogP contribution in [-0.4, -0.2) is 5.91 Å². The van der Waals surface area contributed by atoms with Gasteiger partial charge in [-0.3, -0.25) is 4.79 Å². The fourth-order valence-corrected chi connectivity index (χ4v) is 4.24. The molecule has 0 heterocycles. The van der Waals surface area contributed by atoms with Crippen LogP contribution >= 0.6 is 11.6 Å². The molecule has 2 aliphatic carbocycles. The molecule has 2 aromatic rings. The Morgan fingerprint density at radius 2 is 1.83 bits per heavy atom. The van der Waals surface area contributed by atoms with Crippen molar-refractivity contribution in [3.05, 3.63) is 53.6 Å². The zero-order valence-electron chi connectivity index (χ0n) is 13.4. The van der Waals surface area contributed by atoms with Gasteiger partial charge in [-0.05, 0) is 67.5 Å². The van der Waals surface area contributed by atoms with Crippen molar-refractivity contribution >= 4 is 23.2 Å². The van der Waals surface area contributed by atoms with Crippen LogP contribution in [0.1, 0.15) is 25.7 Å². The molecule has 2 saturated carbocycles. The molecule has 0 aliphatic heterocycles. The highest BCUT2D eigenvalue weighted by atomic mass is 35.5. The summed E-state index contributed by atoms with van der Waals surface area (Å²) < 4.78 is 5.76. The molecule has 4 heteroatoms. The Hall–Kier alpha value is -2.00. The molecule has 2 aromatic carbocycles. The van der Waals surface area contributed by atoms with Crippen LogP contribution in [0.5, 0.6) is 11.5 Å². The molecular weight excluding hydrogens is 322 g/mol. The summed E-state index contributed by atoms with van der Waals surface area (Å²) in [6.45, 7) is 0. The molecule has 4 rings (SSSR count). The zero-order chi connectivity index (χ0) is 16.5. The SMILES string of the molecule is O=C(Nc1ccc(Oc2ccccc2Cl)cc1)C1CC2CCC1C2. The minimum absolute atomic E-state index is 0.168. The lowest BCUT2D eigenvalue weighted by atomic mass is 9.88. The van der Waals surface area contributed by atoms with Gasteiger partial charge in [0.1, 0.15) is 11.5 Å². The van der Waals surface area contributed by atoms with Gasteiger partial charge in [-0.1, -0.05) is 30.2 Å². The maximum atomic E-state index is 12.5. The number of anilines is 1. The molecule has 3 nitrogen and oxygen atoms in total. The lowest BCUT2D eigenvalue weighted by Crippen LogP contribution is -2.27. The third kappa shape index (κ3) is 3.13. The number of ether oxygens (including phenoxy) is 1. The Labute approximate surface area is 147 Å². The third-order valence-corrected chi connectivity index (χ3v) is 5.57. The first kappa shape index (κ1) is 15.5. The number of carbonyl (C=O) groups is 1. The van der Waals surface area contributed by atoms with Crippen molar-refractivity contribution in [2.45, 2.75) is 25.7 Å². The second-order valence-electron chi connectivity index (χ2n) is 6.83. The predicted molar refractivity (Wildman–Crippen MR) is 95.5 cm³/mol. The van der Waals surface area contributed by atoms with Gasteiger partial charge in [0, 0.05) is 11.6 Å². The first-order valence-corrected chi connectivity index (χ1v) is 8.90. The maximum Gasteiger partial charge on any atom is 0.227 e. The lowest BCUT2D eigenvalue weighted by molar-refractivity contribution is -0.121. The van der Waals surface area contributed by atoms with Crippen LogP contribution in [0.25, 0.3) is 0 Å². The van der Waals surface area contributed by atoms with Crippen molar-refractivity contribution in [3.8, 4) is 11.5 Å². The summed E-state index contributed by atoms with van der Waals surface area (Å²) >= 11 is 6.10. The molecule has 2 fully saturated rings. The van der Waals surface area contributed by atoms with Gasteiger partial charge >= 0.3 is 0 Å². The number of rotatable bonds is 4. The Balaban J connectivity index is 1.39. The maximum absolute atomic E-state index is 12.5. The molecule has 124 valence electrons. The normalized spacial score (nSPS) is 24.8. The lowest BCUT2D eigenvalue weighted by Gasteiger charge is -2.20. The Morgan fingerprint density at radius 1 is 1.04 bits per heavy atom. The highest BCUT2D eigenvalue weighted by molar-refractivity contribution is 6.32. The molecule has 0 aromatic heterocycles. The summed E-state index contributed by atoms with van der Waals surface area (Å²) in [5.41, 5.74) is 0.814. The van der Waals surface area contributed by atoms with Gasteiger partial charge in [-0.2, -0.15) is 0 Å². The number of fused-ring (bicyclic) bond motifs is 2. The van der Waals surface area contributed by atoms with E-state index >= 15 is 0 Å². The van der Waals surface area contributed by atoms with Crippen LogP contribution in [-0.2, 0) is 4.79 Å². The van der Waals surface area contributed by atoms with Crippen LogP contribution in [0, 0.1) is 17.8 Å². The summed E-state index contributed by atoms with van der Waals surface area (Å²) in [4.78, 5) is 12.5. The van der Waals surface area contributed by atoms with Gasteiger partial charge in [0.05, 0.1) is 5.02 Å². The van der Waals surface area contributed by atoms with Gasteiger partial charge in [0.25, 0.3) is 0 Å². The average Bonchev–Trinajstić information content (AvgIpc) is 3.22. The Bertz CT molecular complexity index is 744. The summed E-state index contributed by atoms with van der Waals surface area (Å²) in [5, 5.41) is 3.63. The van der Waals surface area contributed by atoms with Crippen LogP contribution in [0.3, 0.4) is 0 Å². The number of hydrogen-bond donors (Lipinski definition) is 1. The molecule has 24 heavy (non-hydrogen) atoms. The molecule has 3 atom stereocenters. The fraction of sp³-hybridized carbons (Fsp3) is 0.350. The van der Waals surface area contributed by atoms with E-state index in [-0.39, 0.29) is 11.8 Å². The van der Waals surface area contributed by atoms with Crippen LogP contribution < -0.4 is 10.1 Å². The average molecular weight is 342 g/mol. The van der Waals surface area contributed by atoms with E-state index in [1.807, 2.05) is 42.5 Å². The van der Waals surface area contributed by atoms with Crippen molar-refractivity contribution in [1.82, 2.24) is 0 Å². The highest BCUT2D eigenvalue weighted by Crippen LogP contribution is 2.48. The summed E-state index contributed by atoms with van der Waals surface area (Å²) in [5.74, 6) is 3.05. The first-order valence-electron chi connectivity index (χ1n) is 8.52. The number of amides is 1. The van der Waals surface area contributed by atoms with E-state index in [1.54, 1.807) is 6.07 Å². The fourth-order valence-electron chi connectivity index (χ4n) is 4.06. The molecule has 0 radical (unpaired) electrons. The van der Waals surface area contributed by atoms with Gasteiger partial charge in [-0.25, -0.2) is 0 Å².